The van der Waals surface area contributed by atoms with Crippen molar-refractivity contribution in [3.05, 3.63) is 29.3 Å². The van der Waals surface area contributed by atoms with Crippen LogP contribution in [0.3, 0.4) is 0 Å². The average Bonchev–Trinajstić information content (AvgIpc) is 3.27. The number of ether oxygens (including phenoxy) is 1. The van der Waals surface area contributed by atoms with Crippen LogP contribution < -0.4 is 4.90 Å². The monoisotopic (exact) mass is 576 g/mol. The highest BCUT2D eigenvalue weighted by molar-refractivity contribution is 5.71. The van der Waals surface area contributed by atoms with Crippen molar-refractivity contribution in [2.24, 2.45) is 5.92 Å². The van der Waals surface area contributed by atoms with E-state index >= 15 is 0 Å². The Hall–Kier alpha value is -3.21. The molecule has 0 unspecified atom stereocenters. The summed E-state index contributed by atoms with van der Waals surface area (Å²) in [5.41, 5.74) is 1.87. The molecule has 3 saturated heterocycles. The predicted molar refractivity (Wildman–Crippen MR) is 129 cm³/mol. The van der Waals surface area contributed by atoms with Crippen LogP contribution in [0.2, 0.25) is 0 Å². The van der Waals surface area contributed by atoms with Crippen molar-refractivity contribution in [1.82, 2.24) is 9.80 Å². The number of carboxylic acids is 1. The number of rotatable bonds is 5. The van der Waals surface area contributed by atoms with Gasteiger partial charge in [-0.1, -0.05) is 6.07 Å². The largest absolute Gasteiger partial charge is 0.481 e. The number of carbonyl (C=O) groups excluding carboxylic acids is 1. The third-order valence-electron chi connectivity index (χ3n) is 8.27. The minimum atomic E-state index is -5.77. The Labute approximate surface area is 227 Å². The number of hydrogen-bond donors (Lipinski definition) is 1. The molecule has 3 heterocycles. The number of alkyl halides is 6. The Morgan fingerprint density at radius 3 is 2.20 bits per heavy atom. The fraction of sp³-hybridized carbons (Fsp3) is 0.654. The van der Waals surface area contributed by atoms with E-state index in [1.165, 1.54) is 0 Å². The Bertz CT molecular complexity index is 1120. The zero-order valence-electron chi connectivity index (χ0n) is 21.6. The van der Waals surface area contributed by atoms with Gasteiger partial charge in [0.2, 0.25) is 0 Å². The quantitative estimate of drug-likeness (QED) is 0.497. The van der Waals surface area contributed by atoms with E-state index < -0.39 is 36.4 Å². The summed E-state index contributed by atoms with van der Waals surface area (Å²) in [4.78, 5) is 28.8. The van der Waals surface area contributed by atoms with Gasteiger partial charge < -0.3 is 19.6 Å². The molecule has 0 bridgehead atoms. The van der Waals surface area contributed by atoms with E-state index in [2.05, 4.69) is 20.6 Å². The van der Waals surface area contributed by atoms with Crippen molar-refractivity contribution in [3.63, 3.8) is 0 Å². The predicted octanol–water partition coefficient (Wildman–Crippen LogP) is 4.92. The molecule has 40 heavy (non-hydrogen) atoms. The molecule has 0 radical (unpaired) electrons. The molecule has 14 heteroatoms. The van der Waals surface area contributed by atoms with E-state index in [0.717, 1.165) is 35.5 Å². The molecule has 0 aromatic heterocycles. The number of halogens is 6. The van der Waals surface area contributed by atoms with E-state index in [0.29, 0.717) is 50.9 Å². The Morgan fingerprint density at radius 2 is 1.65 bits per heavy atom. The minimum Gasteiger partial charge on any atom is -0.481 e. The molecule has 0 saturated carbocycles. The van der Waals surface area contributed by atoms with E-state index in [1.54, 1.807) is 12.1 Å². The molecule has 0 atom stereocenters. The number of carbonyl (C=O) groups is 2. The Morgan fingerprint density at radius 1 is 1.02 bits per heavy atom. The molecule has 1 aromatic rings. The van der Waals surface area contributed by atoms with Crippen LogP contribution in [0.4, 0.5) is 36.8 Å². The highest BCUT2D eigenvalue weighted by atomic mass is 19.4. The SMILES string of the molecule is N#Cc1ccc(CN2CCCC23CCN(C(=O)OC(C(F)(F)F)C(F)(F)F)CC3)c(N2CCC(C(=O)O)CC2)c1. The lowest BCUT2D eigenvalue weighted by atomic mass is 9.84. The second kappa shape index (κ2) is 11.3. The third-order valence-corrected chi connectivity index (χ3v) is 8.27. The fourth-order valence-corrected chi connectivity index (χ4v) is 6.04. The second-order valence-corrected chi connectivity index (χ2v) is 10.6. The van der Waals surface area contributed by atoms with Crippen LogP contribution >= 0.6 is 0 Å². The number of nitriles is 1. The molecular formula is C26H30F6N4O4. The van der Waals surface area contributed by atoms with Crippen molar-refractivity contribution < 1.29 is 45.8 Å². The van der Waals surface area contributed by atoms with Crippen molar-refractivity contribution in [2.75, 3.05) is 37.6 Å². The van der Waals surface area contributed by atoms with Crippen LogP contribution in [0.25, 0.3) is 0 Å². The third kappa shape index (κ3) is 6.40. The van der Waals surface area contributed by atoms with Gasteiger partial charge in [-0.3, -0.25) is 9.69 Å². The molecule has 3 fully saturated rings. The van der Waals surface area contributed by atoms with Crippen LogP contribution in [-0.4, -0.2) is 83.7 Å². The number of amides is 1. The summed E-state index contributed by atoms with van der Waals surface area (Å²) in [6.45, 7) is 2.18. The van der Waals surface area contributed by atoms with E-state index in [4.69, 9.17) is 0 Å². The number of anilines is 1. The lowest BCUT2D eigenvalue weighted by Crippen LogP contribution is -2.54. The van der Waals surface area contributed by atoms with Gasteiger partial charge in [0.25, 0.3) is 6.10 Å². The summed E-state index contributed by atoms with van der Waals surface area (Å²) >= 11 is 0. The first-order valence-corrected chi connectivity index (χ1v) is 13.1. The molecule has 3 aliphatic heterocycles. The van der Waals surface area contributed by atoms with Gasteiger partial charge in [0.15, 0.2) is 0 Å². The van der Waals surface area contributed by atoms with E-state index in [-0.39, 0.29) is 18.6 Å². The number of aliphatic carboxylic acids is 1. The average molecular weight is 577 g/mol. The summed E-state index contributed by atoms with van der Waals surface area (Å²) in [7, 11) is 0. The van der Waals surface area contributed by atoms with Crippen LogP contribution in [0.5, 0.6) is 0 Å². The van der Waals surface area contributed by atoms with Crippen LogP contribution in [0.15, 0.2) is 18.2 Å². The zero-order valence-corrected chi connectivity index (χ0v) is 21.6. The number of piperidine rings is 2. The highest BCUT2D eigenvalue weighted by Gasteiger charge is 2.60. The molecular weight excluding hydrogens is 546 g/mol. The summed E-state index contributed by atoms with van der Waals surface area (Å²) < 4.78 is 80.9. The molecule has 1 N–H and O–H groups in total. The summed E-state index contributed by atoms with van der Waals surface area (Å²) in [6, 6.07) is 7.50. The molecule has 4 rings (SSSR count). The molecule has 1 spiro atoms. The number of benzene rings is 1. The van der Waals surface area contributed by atoms with Gasteiger partial charge >= 0.3 is 24.4 Å². The molecule has 0 aliphatic carbocycles. The molecule has 3 aliphatic rings. The molecule has 220 valence electrons. The van der Waals surface area contributed by atoms with Crippen molar-refractivity contribution in [3.8, 4) is 6.07 Å². The normalized spacial score (nSPS) is 20.6. The maximum absolute atomic E-state index is 12.8. The van der Waals surface area contributed by atoms with Gasteiger partial charge in [0.05, 0.1) is 17.6 Å². The lowest BCUT2D eigenvalue weighted by molar-refractivity contribution is -0.308. The minimum absolute atomic E-state index is 0.0410. The smallest absolute Gasteiger partial charge is 0.434 e. The molecule has 8 nitrogen and oxygen atoms in total. The van der Waals surface area contributed by atoms with Crippen molar-refractivity contribution >= 4 is 17.7 Å². The van der Waals surface area contributed by atoms with Crippen LogP contribution in [-0.2, 0) is 16.1 Å². The summed E-state index contributed by atoms with van der Waals surface area (Å²) in [5.74, 6) is -1.24. The number of carboxylic acid groups (broad SMARTS) is 1. The fourth-order valence-electron chi connectivity index (χ4n) is 6.04. The number of likely N-dealkylation sites (tertiary alicyclic amines) is 2. The van der Waals surface area contributed by atoms with E-state index in [9.17, 15) is 46.3 Å². The number of nitrogens with zero attached hydrogens (tertiary/aromatic N) is 4. The van der Waals surface area contributed by atoms with Gasteiger partial charge in [0.1, 0.15) is 0 Å². The van der Waals surface area contributed by atoms with Crippen molar-refractivity contribution in [2.45, 2.75) is 69.1 Å². The van der Waals surface area contributed by atoms with E-state index in [1.807, 2.05) is 6.07 Å². The lowest BCUT2D eigenvalue weighted by Gasteiger charge is -2.45. The Balaban J connectivity index is 1.44. The molecule has 1 amide bonds. The summed E-state index contributed by atoms with van der Waals surface area (Å²) in [5, 5.41) is 18.8. The zero-order chi connectivity index (χ0) is 29.3. The van der Waals surface area contributed by atoms with Gasteiger partial charge in [0, 0.05) is 44.0 Å². The van der Waals surface area contributed by atoms with Gasteiger partial charge in [-0.15, -0.1) is 0 Å². The first-order chi connectivity index (χ1) is 18.7. The van der Waals surface area contributed by atoms with Gasteiger partial charge in [-0.05, 0) is 62.8 Å². The summed E-state index contributed by atoms with van der Waals surface area (Å²) in [6.07, 6.45) is -14.1. The van der Waals surface area contributed by atoms with Gasteiger partial charge in [-0.2, -0.15) is 31.6 Å². The first-order valence-electron chi connectivity index (χ1n) is 13.1. The topological polar surface area (TPSA) is 97.1 Å². The van der Waals surface area contributed by atoms with Crippen LogP contribution in [0.1, 0.15) is 49.7 Å². The Kier molecular flexibility index (Phi) is 8.44. The second-order valence-electron chi connectivity index (χ2n) is 10.6. The first kappa shape index (κ1) is 29.8. The van der Waals surface area contributed by atoms with Crippen molar-refractivity contribution in [1.29, 1.82) is 5.26 Å². The van der Waals surface area contributed by atoms with Gasteiger partial charge in [-0.25, -0.2) is 4.79 Å². The standard InChI is InChI=1S/C26H30F6N4O4/c27-25(28,29)22(26(30,31)32)40-23(39)35-12-7-24(8-13-35)6-1-9-36(24)16-19-3-2-17(15-33)14-20(19)34-10-4-18(5-11-34)21(37)38/h2-3,14,18,22H,1,4-13,16H2,(H,37,38). The van der Waals surface area contributed by atoms with Crippen LogP contribution in [0, 0.1) is 17.2 Å². The number of hydrogen-bond acceptors (Lipinski definition) is 6. The maximum Gasteiger partial charge on any atom is 0.434 e. The highest BCUT2D eigenvalue weighted by Crippen LogP contribution is 2.42. The molecule has 1 aromatic carbocycles. The maximum atomic E-state index is 12.8.